The lowest BCUT2D eigenvalue weighted by atomic mass is 10.0. The van der Waals surface area contributed by atoms with Crippen LogP contribution in [-0.4, -0.2) is 52.2 Å². The summed E-state index contributed by atoms with van der Waals surface area (Å²) in [4.78, 5) is 23.0. The van der Waals surface area contributed by atoms with Gasteiger partial charge in [-0.1, -0.05) is 0 Å². The predicted molar refractivity (Wildman–Crippen MR) is 103 cm³/mol. The van der Waals surface area contributed by atoms with Crippen LogP contribution in [0.2, 0.25) is 0 Å². The van der Waals surface area contributed by atoms with Crippen molar-refractivity contribution in [3.8, 4) is 5.88 Å². The van der Waals surface area contributed by atoms with Gasteiger partial charge in [0.25, 0.3) is 0 Å². The van der Waals surface area contributed by atoms with Crippen molar-refractivity contribution in [2.45, 2.75) is 56.5 Å². The Morgan fingerprint density at radius 3 is 2.37 bits per heavy atom. The third-order valence-electron chi connectivity index (χ3n) is 5.87. The second kappa shape index (κ2) is 6.94. The highest BCUT2D eigenvalue weighted by Crippen LogP contribution is 2.43. The van der Waals surface area contributed by atoms with E-state index in [-0.39, 0.29) is 0 Å². The van der Waals surface area contributed by atoms with Gasteiger partial charge in [0.1, 0.15) is 12.1 Å². The van der Waals surface area contributed by atoms with Gasteiger partial charge in [0.2, 0.25) is 5.88 Å². The molecular formula is C20H26N6O. The van der Waals surface area contributed by atoms with Gasteiger partial charge in [-0.3, -0.25) is 4.98 Å². The first-order valence-corrected chi connectivity index (χ1v) is 10.0. The first-order valence-electron chi connectivity index (χ1n) is 10.0. The molecule has 0 radical (unpaired) electrons. The monoisotopic (exact) mass is 366 g/mol. The van der Waals surface area contributed by atoms with E-state index in [0.717, 1.165) is 37.6 Å². The lowest BCUT2D eigenvalue weighted by molar-refractivity contribution is 0.395. The number of methoxy groups -OCH3 is 1. The van der Waals surface area contributed by atoms with Gasteiger partial charge in [0, 0.05) is 49.6 Å². The number of nitrogens with zero attached hydrogens (tertiary/aromatic N) is 6. The third kappa shape index (κ3) is 3.42. The molecule has 3 fully saturated rings. The molecule has 0 spiro atoms. The second-order valence-corrected chi connectivity index (χ2v) is 7.81. The summed E-state index contributed by atoms with van der Waals surface area (Å²) < 4.78 is 5.31. The summed E-state index contributed by atoms with van der Waals surface area (Å²) in [5, 5.41) is 0. The van der Waals surface area contributed by atoms with Crippen molar-refractivity contribution in [3.63, 3.8) is 0 Å². The van der Waals surface area contributed by atoms with Gasteiger partial charge in [-0.15, -0.1) is 0 Å². The minimum atomic E-state index is 0.509. The topological polar surface area (TPSA) is 67.3 Å². The van der Waals surface area contributed by atoms with Crippen molar-refractivity contribution in [3.05, 3.63) is 30.5 Å². The smallest absolute Gasteiger partial charge is 0.218 e. The first-order chi connectivity index (χ1) is 13.3. The molecule has 27 heavy (non-hydrogen) atoms. The highest BCUT2D eigenvalue weighted by Gasteiger charge is 2.38. The summed E-state index contributed by atoms with van der Waals surface area (Å²) >= 11 is 0. The minimum Gasteiger partial charge on any atom is -0.481 e. The van der Waals surface area contributed by atoms with Crippen LogP contribution in [0.5, 0.6) is 5.88 Å². The zero-order valence-electron chi connectivity index (χ0n) is 15.8. The van der Waals surface area contributed by atoms with E-state index in [2.05, 4.69) is 29.7 Å². The van der Waals surface area contributed by atoms with Crippen LogP contribution in [0.25, 0.3) is 0 Å². The average molecular weight is 366 g/mol. The lowest BCUT2D eigenvalue weighted by Crippen LogP contribution is -2.47. The van der Waals surface area contributed by atoms with Crippen molar-refractivity contribution in [1.82, 2.24) is 19.9 Å². The van der Waals surface area contributed by atoms with Crippen LogP contribution in [0.15, 0.2) is 24.8 Å². The molecule has 0 bridgehead atoms. The summed E-state index contributed by atoms with van der Waals surface area (Å²) in [5.41, 5.74) is 1.20. The Hall–Kier alpha value is -2.44. The van der Waals surface area contributed by atoms with Crippen LogP contribution < -0.4 is 14.5 Å². The Bertz CT molecular complexity index is 799. The average Bonchev–Trinajstić information content (AvgIpc) is 3.63. The summed E-state index contributed by atoms with van der Waals surface area (Å²) in [6.45, 7) is 2.04. The van der Waals surface area contributed by atoms with E-state index < -0.39 is 0 Å². The van der Waals surface area contributed by atoms with Crippen LogP contribution in [0.4, 0.5) is 11.6 Å². The molecule has 5 rings (SSSR count). The molecule has 3 heterocycles. The second-order valence-electron chi connectivity index (χ2n) is 7.81. The van der Waals surface area contributed by atoms with Crippen LogP contribution in [0.1, 0.15) is 50.1 Å². The summed E-state index contributed by atoms with van der Waals surface area (Å²) in [7, 11) is 1.66. The van der Waals surface area contributed by atoms with E-state index in [1.54, 1.807) is 13.4 Å². The fraction of sp³-hybridized carbons (Fsp3) is 0.600. The van der Waals surface area contributed by atoms with E-state index in [0.29, 0.717) is 23.9 Å². The first kappa shape index (κ1) is 16.7. The maximum Gasteiger partial charge on any atom is 0.218 e. The molecular weight excluding hydrogens is 340 g/mol. The fourth-order valence-corrected chi connectivity index (χ4v) is 4.19. The van der Waals surface area contributed by atoms with E-state index in [9.17, 15) is 0 Å². The van der Waals surface area contributed by atoms with Gasteiger partial charge in [-0.2, -0.15) is 0 Å². The number of hydrogen-bond acceptors (Lipinski definition) is 7. The Kier molecular flexibility index (Phi) is 4.30. The molecule has 142 valence electrons. The van der Waals surface area contributed by atoms with Gasteiger partial charge in [-0.25, -0.2) is 15.0 Å². The molecule has 2 saturated carbocycles. The largest absolute Gasteiger partial charge is 0.481 e. The van der Waals surface area contributed by atoms with Crippen LogP contribution in [0, 0.1) is 0 Å². The Morgan fingerprint density at radius 1 is 0.926 bits per heavy atom. The molecule has 2 aromatic rings. The maximum atomic E-state index is 5.31. The highest BCUT2D eigenvalue weighted by molar-refractivity contribution is 5.49. The number of aromatic nitrogens is 4. The number of rotatable bonds is 6. The van der Waals surface area contributed by atoms with Crippen molar-refractivity contribution < 1.29 is 4.74 Å². The Balaban J connectivity index is 1.31. The molecule has 0 N–H and O–H groups in total. The lowest BCUT2D eigenvalue weighted by Gasteiger charge is -2.40. The van der Waals surface area contributed by atoms with Gasteiger partial charge < -0.3 is 14.5 Å². The molecule has 2 aliphatic carbocycles. The highest BCUT2D eigenvalue weighted by atomic mass is 16.5. The van der Waals surface area contributed by atoms with E-state index in [4.69, 9.17) is 4.74 Å². The van der Waals surface area contributed by atoms with Crippen LogP contribution in [0.3, 0.4) is 0 Å². The van der Waals surface area contributed by atoms with Gasteiger partial charge in [0.05, 0.1) is 12.8 Å². The van der Waals surface area contributed by atoms with Crippen LogP contribution in [-0.2, 0) is 0 Å². The van der Waals surface area contributed by atoms with Crippen molar-refractivity contribution in [2.24, 2.45) is 0 Å². The molecule has 0 aromatic carbocycles. The zero-order valence-corrected chi connectivity index (χ0v) is 15.8. The number of hydrogen-bond donors (Lipinski definition) is 0. The fourth-order valence-electron chi connectivity index (χ4n) is 4.19. The van der Waals surface area contributed by atoms with E-state index in [1.165, 1.54) is 31.4 Å². The molecule has 7 nitrogen and oxygen atoms in total. The van der Waals surface area contributed by atoms with Gasteiger partial charge in [0.15, 0.2) is 5.82 Å². The van der Waals surface area contributed by atoms with Crippen molar-refractivity contribution in [1.29, 1.82) is 0 Å². The molecule has 2 aromatic heterocycles. The SMILES string of the molecule is COc1cc(N(C2CC2)C2CCN(c3nccnc3C3CC3)CC2)ncn1. The molecule has 1 saturated heterocycles. The van der Waals surface area contributed by atoms with Crippen molar-refractivity contribution in [2.75, 3.05) is 30.0 Å². The summed E-state index contributed by atoms with van der Waals surface area (Å²) in [5.74, 6) is 3.38. The number of piperidine rings is 1. The standard InChI is InChI=1S/C20H26N6O/c1-27-18-12-17(23-13-24-18)26(15-4-5-15)16-6-10-25(11-7-16)20-19(14-2-3-14)21-8-9-22-20/h8-9,12-16H,2-7,10-11H2,1H3. The molecule has 7 heteroatoms. The molecule has 0 atom stereocenters. The van der Waals surface area contributed by atoms with E-state index >= 15 is 0 Å². The Morgan fingerprint density at radius 2 is 1.67 bits per heavy atom. The minimum absolute atomic E-state index is 0.509. The summed E-state index contributed by atoms with van der Waals surface area (Å²) in [6, 6.07) is 3.09. The van der Waals surface area contributed by atoms with Crippen molar-refractivity contribution >= 4 is 11.6 Å². The van der Waals surface area contributed by atoms with Gasteiger partial charge >= 0.3 is 0 Å². The number of anilines is 2. The maximum absolute atomic E-state index is 5.31. The Labute approximate surface area is 159 Å². The van der Waals surface area contributed by atoms with E-state index in [1.807, 2.05) is 18.5 Å². The zero-order chi connectivity index (χ0) is 18.2. The molecule has 0 unspecified atom stereocenters. The number of ether oxygens (including phenoxy) is 1. The third-order valence-corrected chi connectivity index (χ3v) is 5.87. The predicted octanol–water partition coefficient (Wildman–Crippen LogP) is 2.79. The molecule has 0 amide bonds. The normalized spacial score (nSPS) is 20.6. The molecule has 3 aliphatic rings. The van der Waals surface area contributed by atoms with Crippen LogP contribution >= 0.6 is 0 Å². The quantitative estimate of drug-likeness (QED) is 0.779. The molecule has 1 aliphatic heterocycles. The summed E-state index contributed by atoms with van der Waals surface area (Å²) in [6.07, 6.45) is 12.5. The van der Waals surface area contributed by atoms with Gasteiger partial charge in [-0.05, 0) is 38.5 Å².